The average Bonchev–Trinajstić information content (AvgIpc) is 3.15. The fourth-order valence-electron chi connectivity index (χ4n) is 4.13. The highest BCUT2D eigenvalue weighted by molar-refractivity contribution is 5.80. The van der Waals surface area contributed by atoms with Crippen LogP contribution in [0.25, 0.3) is 0 Å². The maximum atomic E-state index is 12.4. The number of nitrogens with one attached hydrogen (secondary N) is 2. The molecular formula is C17H27N3O3. The van der Waals surface area contributed by atoms with Gasteiger partial charge in [-0.15, -0.1) is 0 Å². The van der Waals surface area contributed by atoms with E-state index in [1.165, 1.54) is 25.7 Å². The Labute approximate surface area is 137 Å². The van der Waals surface area contributed by atoms with Crippen LogP contribution in [0.2, 0.25) is 0 Å². The maximum Gasteiger partial charge on any atom is 0.317 e. The summed E-state index contributed by atoms with van der Waals surface area (Å²) in [4.78, 5) is 26.6. The fourth-order valence-corrected chi connectivity index (χ4v) is 4.13. The number of rotatable bonds is 4. The summed E-state index contributed by atoms with van der Waals surface area (Å²) in [5, 5.41) is 6.20. The summed E-state index contributed by atoms with van der Waals surface area (Å²) in [6, 6.07) is 0.356. The summed E-state index contributed by atoms with van der Waals surface area (Å²) in [7, 11) is 0. The first-order valence-corrected chi connectivity index (χ1v) is 9.17. The van der Waals surface area contributed by atoms with Crippen LogP contribution in [0.4, 0.5) is 4.79 Å². The second kappa shape index (κ2) is 6.30. The molecule has 2 N–H and O–H groups in total. The van der Waals surface area contributed by atoms with Gasteiger partial charge in [0.25, 0.3) is 0 Å². The molecule has 0 unspecified atom stereocenters. The Balaban J connectivity index is 1.30. The molecule has 3 amide bonds. The van der Waals surface area contributed by atoms with E-state index in [9.17, 15) is 9.59 Å². The Hall–Kier alpha value is -1.30. The number of fused-ring (bicyclic) bond motifs is 2. The van der Waals surface area contributed by atoms with Crippen LogP contribution in [-0.2, 0) is 9.53 Å². The molecule has 2 aliphatic heterocycles. The van der Waals surface area contributed by atoms with E-state index in [4.69, 9.17) is 4.74 Å². The van der Waals surface area contributed by atoms with E-state index < -0.39 is 0 Å². The highest BCUT2D eigenvalue weighted by Gasteiger charge is 2.46. The van der Waals surface area contributed by atoms with Gasteiger partial charge in [-0.25, -0.2) is 4.79 Å². The Bertz CT molecular complexity index is 474. The molecule has 2 heterocycles. The molecule has 6 heteroatoms. The summed E-state index contributed by atoms with van der Waals surface area (Å²) < 4.78 is 5.92. The van der Waals surface area contributed by atoms with Crippen LogP contribution >= 0.6 is 0 Å². The monoisotopic (exact) mass is 321 g/mol. The van der Waals surface area contributed by atoms with Gasteiger partial charge in [0.2, 0.25) is 5.91 Å². The molecule has 4 aliphatic rings. The zero-order valence-electron chi connectivity index (χ0n) is 13.6. The molecule has 23 heavy (non-hydrogen) atoms. The molecule has 128 valence electrons. The Morgan fingerprint density at radius 2 is 1.87 bits per heavy atom. The predicted molar refractivity (Wildman–Crippen MR) is 84.9 cm³/mol. The molecule has 0 aromatic rings. The van der Waals surface area contributed by atoms with Crippen LogP contribution < -0.4 is 10.6 Å². The third kappa shape index (κ3) is 3.47. The minimum Gasteiger partial charge on any atom is -0.370 e. The number of likely N-dealkylation sites (tertiary alicyclic amines) is 1. The van der Waals surface area contributed by atoms with Gasteiger partial charge in [-0.3, -0.25) is 4.79 Å². The zero-order chi connectivity index (χ0) is 15.8. The second-order valence-corrected chi connectivity index (χ2v) is 7.66. The summed E-state index contributed by atoms with van der Waals surface area (Å²) in [6.45, 7) is 1.95. The largest absolute Gasteiger partial charge is 0.370 e. The van der Waals surface area contributed by atoms with E-state index >= 15 is 0 Å². The quantitative estimate of drug-likeness (QED) is 0.819. The highest BCUT2D eigenvalue weighted by atomic mass is 16.5. The van der Waals surface area contributed by atoms with E-state index in [0.717, 1.165) is 25.8 Å². The van der Waals surface area contributed by atoms with Gasteiger partial charge < -0.3 is 20.3 Å². The lowest BCUT2D eigenvalue weighted by Gasteiger charge is -2.33. The van der Waals surface area contributed by atoms with Gasteiger partial charge in [0.15, 0.2) is 0 Å². The number of amides is 3. The van der Waals surface area contributed by atoms with Crippen LogP contribution in [0.5, 0.6) is 0 Å². The molecule has 0 spiro atoms. The zero-order valence-corrected chi connectivity index (χ0v) is 13.6. The minimum atomic E-state index is -0.137. The standard InChI is InChI=1S/C17H27N3O3/c21-16(18-8-11-5-6-11)14-7-13-9-20(10-15(14)23-13)17(22)19-12-3-1-2-4-12/h11-15H,1-10H2,(H,18,21)(H,19,22)/t13-,14+,15-/m0/s1. The van der Waals surface area contributed by atoms with Crippen molar-refractivity contribution in [2.45, 2.75) is 63.2 Å². The summed E-state index contributed by atoms with van der Waals surface area (Å²) >= 11 is 0. The van der Waals surface area contributed by atoms with Gasteiger partial charge in [-0.1, -0.05) is 12.8 Å². The first-order valence-electron chi connectivity index (χ1n) is 9.17. The van der Waals surface area contributed by atoms with Crippen molar-refractivity contribution in [2.24, 2.45) is 11.8 Å². The number of carbonyl (C=O) groups is 2. The number of morpholine rings is 1. The lowest BCUT2D eigenvalue weighted by molar-refractivity contribution is -0.127. The second-order valence-electron chi connectivity index (χ2n) is 7.66. The van der Waals surface area contributed by atoms with Gasteiger partial charge in [-0.2, -0.15) is 0 Å². The number of hydrogen-bond acceptors (Lipinski definition) is 3. The normalized spacial score (nSPS) is 33.7. The summed E-state index contributed by atoms with van der Waals surface area (Å²) in [5.41, 5.74) is 0. The van der Waals surface area contributed by atoms with Crippen LogP contribution in [-0.4, -0.2) is 54.7 Å². The number of ether oxygens (including phenoxy) is 1. The maximum absolute atomic E-state index is 12.4. The van der Waals surface area contributed by atoms with Crippen molar-refractivity contribution < 1.29 is 14.3 Å². The number of urea groups is 1. The Morgan fingerprint density at radius 1 is 1.09 bits per heavy atom. The molecule has 0 aromatic heterocycles. The third-order valence-corrected chi connectivity index (χ3v) is 5.73. The molecular weight excluding hydrogens is 294 g/mol. The Kier molecular flexibility index (Phi) is 4.18. The number of carbonyl (C=O) groups excluding carboxylic acids is 2. The molecule has 2 saturated carbocycles. The van der Waals surface area contributed by atoms with Crippen molar-refractivity contribution >= 4 is 11.9 Å². The van der Waals surface area contributed by atoms with E-state index in [2.05, 4.69) is 10.6 Å². The summed E-state index contributed by atoms with van der Waals surface area (Å²) in [6.07, 6.45) is 7.71. The van der Waals surface area contributed by atoms with Crippen molar-refractivity contribution in [2.75, 3.05) is 19.6 Å². The van der Waals surface area contributed by atoms with Gasteiger partial charge >= 0.3 is 6.03 Å². The molecule has 2 saturated heterocycles. The fraction of sp³-hybridized carbons (Fsp3) is 0.882. The lowest BCUT2D eigenvalue weighted by atomic mass is 9.99. The van der Waals surface area contributed by atoms with Gasteiger partial charge in [0.1, 0.15) is 0 Å². The third-order valence-electron chi connectivity index (χ3n) is 5.73. The van der Waals surface area contributed by atoms with Gasteiger partial charge in [0, 0.05) is 25.7 Å². The number of nitrogens with zero attached hydrogens (tertiary/aromatic N) is 1. The minimum absolute atomic E-state index is 0.0137. The smallest absolute Gasteiger partial charge is 0.317 e. The van der Waals surface area contributed by atoms with Crippen molar-refractivity contribution in [3.8, 4) is 0 Å². The SMILES string of the molecule is O=C(NCC1CC1)[C@@H]1C[C@H]2CN(C(=O)NC3CCCC3)C[C@@H]1O2. The van der Waals surface area contributed by atoms with Crippen LogP contribution in [0.3, 0.4) is 0 Å². The first-order chi connectivity index (χ1) is 11.2. The van der Waals surface area contributed by atoms with Crippen LogP contribution in [0.1, 0.15) is 44.9 Å². The van der Waals surface area contributed by atoms with Crippen LogP contribution in [0.15, 0.2) is 0 Å². The van der Waals surface area contributed by atoms with Crippen LogP contribution in [0, 0.1) is 11.8 Å². The van der Waals surface area contributed by atoms with E-state index in [1.54, 1.807) is 0 Å². The van der Waals surface area contributed by atoms with E-state index in [0.29, 0.717) is 25.0 Å². The first kappa shape index (κ1) is 15.2. The molecule has 4 fully saturated rings. The van der Waals surface area contributed by atoms with Gasteiger partial charge in [0.05, 0.1) is 18.1 Å². The number of hydrogen-bond donors (Lipinski definition) is 2. The van der Waals surface area contributed by atoms with Crippen molar-refractivity contribution in [3.63, 3.8) is 0 Å². The van der Waals surface area contributed by atoms with E-state index in [1.807, 2.05) is 4.90 Å². The van der Waals surface area contributed by atoms with Crippen molar-refractivity contribution in [1.29, 1.82) is 0 Å². The van der Waals surface area contributed by atoms with Crippen molar-refractivity contribution in [3.05, 3.63) is 0 Å². The van der Waals surface area contributed by atoms with Gasteiger partial charge in [-0.05, 0) is 38.0 Å². The average molecular weight is 321 g/mol. The molecule has 2 aliphatic carbocycles. The molecule has 0 aromatic carbocycles. The highest BCUT2D eigenvalue weighted by Crippen LogP contribution is 2.33. The van der Waals surface area contributed by atoms with E-state index in [-0.39, 0.29) is 30.1 Å². The predicted octanol–water partition coefficient (Wildman–Crippen LogP) is 1.25. The molecule has 4 rings (SSSR count). The van der Waals surface area contributed by atoms with Crippen molar-refractivity contribution in [1.82, 2.24) is 15.5 Å². The Morgan fingerprint density at radius 3 is 2.61 bits per heavy atom. The molecule has 6 nitrogen and oxygen atoms in total. The lowest BCUT2D eigenvalue weighted by Crippen LogP contribution is -2.52. The molecule has 2 bridgehead atoms. The topological polar surface area (TPSA) is 70.7 Å². The molecule has 3 atom stereocenters. The molecule has 0 radical (unpaired) electrons. The summed E-state index contributed by atoms with van der Waals surface area (Å²) in [5.74, 6) is 0.708.